The smallest absolute Gasteiger partial charge is 0.404 e. The predicted molar refractivity (Wildman–Crippen MR) is 106 cm³/mol. The Bertz CT molecular complexity index is 875. The van der Waals surface area contributed by atoms with Gasteiger partial charge in [-0.1, -0.05) is 32.9 Å². The molecule has 1 atom stereocenters. The first-order valence-corrected chi connectivity index (χ1v) is 9.24. The van der Waals surface area contributed by atoms with E-state index in [0.717, 1.165) is 12.8 Å². The number of aromatic nitrogens is 1. The SMILES string of the molecule is CC(C)(C)C(NC(=O)O)C1(COc2cnc(F)c(-c3cccc(N)c3)c2)CC1. The molecule has 0 spiro atoms. The first-order chi connectivity index (χ1) is 13.1. The molecule has 4 N–H and O–H groups in total. The van der Waals surface area contributed by atoms with Gasteiger partial charge in [-0.2, -0.15) is 4.39 Å². The summed E-state index contributed by atoms with van der Waals surface area (Å²) in [5.74, 6) is -0.160. The number of nitrogen functional groups attached to an aromatic ring is 1. The summed E-state index contributed by atoms with van der Waals surface area (Å²) in [5, 5.41) is 11.9. The second-order valence-electron chi connectivity index (χ2n) is 8.53. The molecule has 1 unspecified atom stereocenters. The van der Waals surface area contributed by atoms with Crippen molar-refractivity contribution in [2.75, 3.05) is 12.3 Å². The summed E-state index contributed by atoms with van der Waals surface area (Å²) in [4.78, 5) is 15.1. The molecule has 1 fully saturated rings. The van der Waals surface area contributed by atoms with Gasteiger partial charge in [0.1, 0.15) is 5.75 Å². The number of nitrogens with zero attached hydrogens (tertiary/aromatic N) is 1. The third-order valence-corrected chi connectivity index (χ3v) is 5.18. The predicted octanol–water partition coefficient (Wildman–Crippen LogP) is 4.31. The number of halogens is 1. The Morgan fingerprint density at radius 3 is 2.68 bits per heavy atom. The van der Waals surface area contributed by atoms with Crippen molar-refractivity contribution in [2.24, 2.45) is 10.8 Å². The van der Waals surface area contributed by atoms with E-state index in [-0.39, 0.29) is 16.9 Å². The summed E-state index contributed by atoms with van der Waals surface area (Å²) in [7, 11) is 0. The lowest BCUT2D eigenvalue weighted by Gasteiger charge is -2.37. The molecule has 150 valence electrons. The van der Waals surface area contributed by atoms with Gasteiger partial charge in [-0.15, -0.1) is 0 Å². The number of carboxylic acid groups (broad SMARTS) is 1. The van der Waals surface area contributed by atoms with Gasteiger partial charge >= 0.3 is 6.09 Å². The van der Waals surface area contributed by atoms with Crippen LogP contribution in [0.5, 0.6) is 5.75 Å². The molecule has 0 bridgehead atoms. The number of anilines is 1. The quantitative estimate of drug-likeness (QED) is 0.507. The van der Waals surface area contributed by atoms with Crippen LogP contribution >= 0.6 is 0 Å². The molecule has 3 rings (SSSR count). The number of rotatable bonds is 6. The van der Waals surface area contributed by atoms with Gasteiger partial charge in [-0.3, -0.25) is 0 Å². The molecule has 1 amide bonds. The third kappa shape index (κ3) is 4.35. The molecule has 6 nitrogen and oxygen atoms in total. The van der Waals surface area contributed by atoms with Crippen molar-refractivity contribution in [2.45, 2.75) is 39.7 Å². The molecule has 2 aromatic rings. The number of nitrogens with one attached hydrogen (secondary N) is 1. The van der Waals surface area contributed by atoms with Crippen LogP contribution in [0.15, 0.2) is 36.5 Å². The van der Waals surface area contributed by atoms with E-state index >= 15 is 0 Å². The molecule has 1 saturated carbocycles. The fraction of sp³-hybridized carbons (Fsp3) is 0.429. The molecule has 1 aliphatic carbocycles. The summed E-state index contributed by atoms with van der Waals surface area (Å²) in [6.45, 7) is 6.35. The van der Waals surface area contributed by atoms with Gasteiger partial charge in [-0.05, 0) is 42.0 Å². The molecule has 0 aliphatic heterocycles. The number of pyridine rings is 1. The highest BCUT2D eigenvalue weighted by molar-refractivity contribution is 5.68. The Morgan fingerprint density at radius 1 is 1.39 bits per heavy atom. The highest BCUT2D eigenvalue weighted by Crippen LogP contribution is 2.53. The van der Waals surface area contributed by atoms with Crippen LogP contribution in [0.1, 0.15) is 33.6 Å². The molecular formula is C21H26FN3O3. The number of ether oxygens (including phenoxy) is 1. The molecular weight excluding hydrogens is 361 g/mol. The van der Waals surface area contributed by atoms with Gasteiger partial charge in [0.15, 0.2) is 0 Å². The van der Waals surface area contributed by atoms with Gasteiger partial charge in [0, 0.05) is 22.7 Å². The lowest BCUT2D eigenvalue weighted by Crippen LogP contribution is -2.51. The van der Waals surface area contributed by atoms with Crippen molar-refractivity contribution in [3.05, 3.63) is 42.5 Å². The largest absolute Gasteiger partial charge is 0.491 e. The summed E-state index contributed by atoms with van der Waals surface area (Å²) < 4.78 is 20.2. The monoisotopic (exact) mass is 387 g/mol. The van der Waals surface area contributed by atoms with E-state index in [4.69, 9.17) is 10.5 Å². The second kappa shape index (κ2) is 7.30. The molecule has 1 heterocycles. The average molecular weight is 387 g/mol. The Morgan fingerprint density at radius 2 is 2.11 bits per heavy atom. The van der Waals surface area contributed by atoms with E-state index in [2.05, 4.69) is 10.3 Å². The Hall–Kier alpha value is -2.83. The van der Waals surface area contributed by atoms with Gasteiger partial charge in [0.25, 0.3) is 0 Å². The summed E-state index contributed by atoms with van der Waals surface area (Å²) in [6, 6.07) is 8.27. The van der Waals surface area contributed by atoms with Gasteiger partial charge < -0.3 is 20.9 Å². The fourth-order valence-electron chi connectivity index (χ4n) is 3.73. The summed E-state index contributed by atoms with van der Waals surface area (Å²) >= 11 is 0. The standard InChI is InChI=1S/C21H26FN3O3/c1-20(2,3)18(25-19(26)27)21(7-8-21)12-28-15-10-16(17(22)24-11-15)13-5-4-6-14(23)9-13/h4-6,9-11,18,25H,7-8,12,23H2,1-3H3,(H,26,27). The average Bonchev–Trinajstić information content (AvgIpc) is 3.39. The van der Waals surface area contributed by atoms with E-state index in [1.807, 2.05) is 20.8 Å². The van der Waals surface area contributed by atoms with Crippen molar-refractivity contribution in [3.63, 3.8) is 0 Å². The van der Waals surface area contributed by atoms with Crippen LogP contribution in [0.25, 0.3) is 11.1 Å². The van der Waals surface area contributed by atoms with Crippen molar-refractivity contribution >= 4 is 11.8 Å². The van der Waals surface area contributed by atoms with E-state index in [9.17, 15) is 14.3 Å². The molecule has 1 aromatic heterocycles. The molecule has 0 radical (unpaired) electrons. The zero-order valence-corrected chi connectivity index (χ0v) is 16.3. The number of carbonyl (C=O) groups is 1. The van der Waals surface area contributed by atoms with Gasteiger partial charge in [0.2, 0.25) is 5.95 Å². The molecule has 1 aromatic carbocycles. The minimum Gasteiger partial charge on any atom is -0.491 e. The van der Waals surface area contributed by atoms with Gasteiger partial charge in [-0.25, -0.2) is 9.78 Å². The van der Waals surface area contributed by atoms with E-state index in [1.54, 1.807) is 30.3 Å². The second-order valence-corrected chi connectivity index (χ2v) is 8.53. The Balaban J connectivity index is 1.79. The van der Waals surface area contributed by atoms with Crippen molar-refractivity contribution in [1.82, 2.24) is 10.3 Å². The van der Waals surface area contributed by atoms with Crippen LogP contribution in [-0.4, -0.2) is 28.8 Å². The first-order valence-electron chi connectivity index (χ1n) is 9.24. The summed E-state index contributed by atoms with van der Waals surface area (Å²) in [5.41, 5.74) is 6.73. The van der Waals surface area contributed by atoms with E-state index in [1.165, 1.54) is 6.20 Å². The Kier molecular flexibility index (Phi) is 5.19. The maximum atomic E-state index is 14.2. The van der Waals surface area contributed by atoms with Gasteiger partial charge in [0.05, 0.1) is 12.8 Å². The zero-order valence-electron chi connectivity index (χ0n) is 16.3. The topological polar surface area (TPSA) is 97.5 Å². The Labute approximate surface area is 163 Å². The number of hydrogen-bond donors (Lipinski definition) is 3. The minimum atomic E-state index is -1.04. The molecule has 1 aliphatic rings. The minimum absolute atomic E-state index is 0.251. The van der Waals surface area contributed by atoms with Crippen LogP contribution in [0.3, 0.4) is 0 Å². The van der Waals surface area contributed by atoms with Crippen LogP contribution in [0, 0.1) is 16.8 Å². The fourth-order valence-corrected chi connectivity index (χ4v) is 3.73. The van der Waals surface area contributed by atoms with E-state index < -0.39 is 12.0 Å². The molecule has 0 saturated heterocycles. The number of hydrogen-bond acceptors (Lipinski definition) is 4. The maximum absolute atomic E-state index is 14.2. The molecule has 7 heteroatoms. The lowest BCUT2D eigenvalue weighted by molar-refractivity contribution is 0.110. The molecule has 28 heavy (non-hydrogen) atoms. The highest BCUT2D eigenvalue weighted by atomic mass is 19.1. The van der Waals surface area contributed by atoms with Crippen LogP contribution < -0.4 is 15.8 Å². The number of amides is 1. The van der Waals surface area contributed by atoms with Crippen molar-refractivity contribution in [1.29, 1.82) is 0 Å². The number of nitrogens with two attached hydrogens (primary N) is 1. The number of benzene rings is 1. The lowest BCUT2D eigenvalue weighted by atomic mass is 9.77. The normalized spacial score (nSPS) is 16.3. The maximum Gasteiger partial charge on any atom is 0.404 e. The van der Waals surface area contributed by atoms with Crippen LogP contribution in [-0.2, 0) is 0 Å². The summed E-state index contributed by atoms with van der Waals surface area (Å²) in [6.07, 6.45) is 2.04. The van der Waals surface area contributed by atoms with Crippen LogP contribution in [0.2, 0.25) is 0 Å². The zero-order chi connectivity index (χ0) is 20.5. The van der Waals surface area contributed by atoms with E-state index in [0.29, 0.717) is 29.2 Å². The van der Waals surface area contributed by atoms with Crippen LogP contribution in [0.4, 0.5) is 14.9 Å². The van der Waals surface area contributed by atoms with Crippen molar-refractivity contribution < 1.29 is 19.0 Å². The van der Waals surface area contributed by atoms with Crippen molar-refractivity contribution in [3.8, 4) is 16.9 Å². The third-order valence-electron chi connectivity index (χ3n) is 5.18. The first kappa shape index (κ1) is 19.9. The highest BCUT2D eigenvalue weighted by Gasteiger charge is 2.54.